The molecule has 3 aromatic rings. The van der Waals surface area contributed by atoms with E-state index in [1.807, 2.05) is 24.0 Å². The van der Waals surface area contributed by atoms with Gasteiger partial charge in [-0.05, 0) is 31.7 Å². The maximum Gasteiger partial charge on any atom is 0.138 e. The SMILES string of the molecule is Cc1nn(C)c(C)c1[C@@H]1OCC[C@H]1Nc1ncnc2sccc12. The Morgan fingerprint density at radius 1 is 1.35 bits per heavy atom. The third kappa shape index (κ3) is 2.40. The lowest BCUT2D eigenvalue weighted by atomic mass is 10.0. The highest BCUT2D eigenvalue weighted by atomic mass is 32.1. The minimum atomic E-state index is 0.00681. The Hall–Kier alpha value is -1.99. The fraction of sp³-hybridized carbons (Fsp3) is 0.438. The van der Waals surface area contributed by atoms with Gasteiger partial charge >= 0.3 is 0 Å². The lowest BCUT2D eigenvalue weighted by Crippen LogP contribution is -2.24. The minimum Gasteiger partial charge on any atom is -0.371 e. The molecule has 4 heterocycles. The molecule has 0 bridgehead atoms. The molecule has 23 heavy (non-hydrogen) atoms. The predicted octanol–water partition coefficient (Wildman–Crippen LogP) is 2.98. The summed E-state index contributed by atoms with van der Waals surface area (Å²) in [5.74, 6) is 0.885. The van der Waals surface area contributed by atoms with Crippen molar-refractivity contribution in [2.45, 2.75) is 32.4 Å². The van der Waals surface area contributed by atoms with Crippen LogP contribution in [0.1, 0.15) is 29.5 Å². The summed E-state index contributed by atoms with van der Waals surface area (Å²) in [6.45, 7) is 4.88. The van der Waals surface area contributed by atoms with Crippen LogP contribution in [0, 0.1) is 13.8 Å². The zero-order valence-electron chi connectivity index (χ0n) is 13.4. The first-order valence-electron chi connectivity index (χ1n) is 7.71. The van der Waals surface area contributed by atoms with Gasteiger partial charge in [-0.1, -0.05) is 0 Å². The zero-order valence-corrected chi connectivity index (χ0v) is 14.2. The molecule has 1 aliphatic rings. The molecule has 1 aliphatic heterocycles. The van der Waals surface area contributed by atoms with Crippen molar-refractivity contribution in [3.63, 3.8) is 0 Å². The Balaban J connectivity index is 1.67. The molecule has 0 spiro atoms. The van der Waals surface area contributed by atoms with E-state index >= 15 is 0 Å². The first-order valence-corrected chi connectivity index (χ1v) is 8.59. The van der Waals surface area contributed by atoms with Crippen LogP contribution in [0.15, 0.2) is 17.8 Å². The molecule has 0 radical (unpaired) electrons. The van der Waals surface area contributed by atoms with Gasteiger partial charge in [-0.25, -0.2) is 9.97 Å². The fourth-order valence-electron chi connectivity index (χ4n) is 3.30. The highest BCUT2D eigenvalue weighted by Gasteiger charge is 2.34. The van der Waals surface area contributed by atoms with Gasteiger partial charge < -0.3 is 10.1 Å². The Morgan fingerprint density at radius 3 is 3.00 bits per heavy atom. The Kier molecular flexibility index (Phi) is 3.54. The highest BCUT2D eigenvalue weighted by Crippen LogP contribution is 2.35. The maximum atomic E-state index is 6.04. The van der Waals surface area contributed by atoms with Gasteiger partial charge in [0.05, 0.1) is 17.1 Å². The fourth-order valence-corrected chi connectivity index (χ4v) is 4.04. The largest absolute Gasteiger partial charge is 0.371 e. The van der Waals surface area contributed by atoms with Crippen LogP contribution in [0.2, 0.25) is 0 Å². The normalized spacial score (nSPS) is 21.2. The summed E-state index contributed by atoms with van der Waals surface area (Å²) in [5.41, 5.74) is 3.38. The van der Waals surface area contributed by atoms with Gasteiger partial charge in [0.15, 0.2) is 0 Å². The van der Waals surface area contributed by atoms with Gasteiger partial charge in [0.25, 0.3) is 0 Å². The molecular weight excluding hydrogens is 310 g/mol. The number of fused-ring (bicyclic) bond motifs is 1. The number of hydrogen-bond donors (Lipinski definition) is 1. The van der Waals surface area contributed by atoms with Crippen molar-refractivity contribution in [2.75, 3.05) is 11.9 Å². The summed E-state index contributed by atoms with van der Waals surface area (Å²) in [6, 6.07) is 2.25. The van der Waals surface area contributed by atoms with Crippen molar-refractivity contribution in [1.29, 1.82) is 0 Å². The number of nitrogens with one attached hydrogen (secondary N) is 1. The predicted molar refractivity (Wildman–Crippen MR) is 90.8 cm³/mol. The van der Waals surface area contributed by atoms with Crippen molar-refractivity contribution in [1.82, 2.24) is 19.7 Å². The van der Waals surface area contributed by atoms with Crippen molar-refractivity contribution in [2.24, 2.45) is 7.05 Å². The van der Waals surface area contributed by atoms with E-state index in [2.05, 4.69) is 33.4 Å². The van der Waals surface area contributed by atoms with E-state index in [0.717, 1.165) is 40.5 Å². The van der Waals surface area contributed by atoms with Crippen LogP contribution >= 0.6 is 11.3 Å². The molecule has 0 aromatic carbocycles. The Morgan fingerprint density at radius 2 is 2.22 bits per heavy atom. The topological polar surface area (TPSA) is 64.9 Å². The van der Waals surface area contributed by atoms with Gasteiger partial charge in [-0.2, -0.15) is 5.10 Å². The molecule has 0 amide bonds. The van der Waals surface area contributed by atoms with Crippen LogP contribution in [0.5, 0.6) is 0 Å². The number of anilines is 1. The van der Waals surface area contributed by atoms with E-state index in [-0.39, 0.29) is 12.1 Å². The number of thiophene rings is 1. The van der Waals surface area contributed by atoms with Crippen molar-refractivity contribution < 1.29 is 4.74 Å². The van der Waals surface area contributed by atoms with E-state index in [1.165, 1.54) is 5.56 Å². The third-order valence-electron chi connectivity index (χ3n) is 4.53. The lowest BCUT2D eigenvalue weighted by Gasteiger charge is -2.21. The van der Waals surface area contributed by atoms with Gasteiger partial charge in [-0.3, -0.25) is 4.68 Å². The van der Waals surface area contributed by atoms with E-state index in [1.54, 1.807) is 17.7 Å². The van der Waals surface area contributed by atoms with Crippen molar-refractivity contribution >= 4 is 27.4 Å². The average molecular weight is 329 g/mol. The van der Waals surface area contributed by atoms with Gasteiger partial charge in [0, 0.05) is 24.9 Å². The number of aromatic nitrogens is 4. The molecule has 1 saturated heterocycles. The number of rotatable bonds is 3. The van der Waals surface area contributed by atoms with E-state index in [9.17, 15) is 0 Å². The number of ether oxygens (including phenoxy) is 1. The summed E-state index contributed by atoms with van der Waals surface area (Å²) >= 11 is 1.63. The van der Waals surface area contributed by atoms with Crippen LogP contribution < -0.4 is 5.32 Å². The second kappa shape index (κ2) is 5.58. The highest BCUT2D eigenvalue weighted by molar-refractivity contribution is 7.16. The minimum absolute atomic E-state index is 0.00681. The number of aryl methyl sites for hydroxylation is 2. The van der Waals surface area contributed by atoms with Crippen LogP contribution in [0.4, 0.5) is 5.82 Å². The summed E-state index contributed by atoms with van der Waals surface area (Å²) < 4.78 is 7.96. The van der Waals surface area contributed by atoms with Gasteiger partial charge in [0.1, 0.15) is 23.1 Å². The quantitative estimate of drug-likeness (QED) is 0.800. The van der Waals surface area contributed by atoms with Crippen LogP contribution in [0.3, 0.4) is 0 Å². The second-order valence-corrected chi connectivity index (χ2v) is 6.80. The zero-order chi connectivity index (χ0) is 16.0. The molecule has 0 saturated carbocycles. The van der Waals surface area contributed by atoms with E-state index < -0.39 is 0 Å². The smallest absolute Gasteiger partial charge is 0.138 e. The molecule has 0 unspecified atom stereocenters. The molecule has 1 fully saturated rings. The van der Waals surface area contributed by atoms with Crippen LogP contribution in [0.25, 0.3) is 10.2 Å². The number of nitrogens with zero attached hydrogens (tertiary/aromatic N) is 4. The summed E-state index contributed by atoms with van der Waals surface area (Å²) in [4.78, 5) is 9.74. The maximum absolute atomic E-state index is 6.04. The molecule has 6 nitrogen and oxygen atoms in total. The van der Waals surface area contributed by atoms with Gasteiger partial charge in [-0.15, -0.1) is 11.3 Å². The standard InChI is InChI=1S/C16H19N5OS/c1-9-13(10(2)21(3)20-9)14-12(4-6-22-14)19-15-11-5-7-23-16(11)18-8-17-15/h5,7-8,12,14H,4,6H2,1-3H3,(H,17,18,19)/t12-,14-/m1/s1. The van der Waals surface area contributed by atoms with Crippen molar-refractivity contribution in [3.8, 4) is 0 Å². The first-order chi connectivity index (χ1) is 11.1. The van der Waals surface area contributed by atoms with Gasteiger partial charge in [0.2, 0.25) is 0 Å². The van der Waals surface area contributed by atoms with Crippen LogP contribution in [-0.4, -0.2) is 32.4 Å². The van der Waals surface area contributed by atoms with Crippen molar-refractivity contribution in [3.05, 3.63) is 34.7 Å². The molecule has 1 N–H and O–H groups in total. The van der Waals surface area contributed by atoms with E-state index in [0.29, 0.717) is 0 Å². The Bertz CT molecular complexity index is 855. The monoisotopic (exact) mass is 329 g/mol. The molecule has 2 atom stereocenters. The summed E-state index contributed by atoms with van der Waals surface area (Å²) in [5, 5.41) is 11.2. The molecule has 120 valence electrons. The molecule has 4 rings (SSSR count). The average Bonchev–Trinajstić information content (AvgIpc) is 3.21. The molecule has 0 aliphatic carbocycles. The van der Waals surface area contributed by atoms with Crippen LogP contribution in [-0.2, 0) is 11.8 Å². The number of hydrogen-bond acceptors (Lipinski definition) is 6. The molecule has 7 heteroatoms. The third-order valence-corrected chi connectivity index (χ3v) is 5.35. The Labute approximate surface area is 138 Å². The lowest BCUT2D eigenvalue weighted by molar-refractivity contribution is 0.106. The first kappa shape index (κ1) is 14.6. The van der Waals surface area contributed by atoms with E-state index in [4.69, 9.17) is 4.74 Å². The second-order valence-electron chi connectivity index (χ2n) is 5.90. The summed E-state index contributed by atoms with van der Waals surface area (Å²) in [7, 11) is 1.97. The molecule has 3 aromatic heterocycles. The molecular formula is C16H19N5OS. The summed E-state index contributed by atoms with van der Waals surface area (Å²) in [6.07, 6.45) is 2.58.